The van der Waals surface area contributed by atoms with Gasteiger partial charge in [-0.05, 0) is 262 Å². The van der Waals surface area contributed by atoms with E-state index in [4.69, 9.17) is 16.7 Å². The molecule has 6 atom stereocenters. The number of aromatic hydroxyl groups is 5. The number of aliphatic hydroxyl groups is 1. The number of nitrogens with two attached hydrogens (primary N) is 2. The van der Waals surface area contributed by atoms with Crippen LogP contribution in [-0.2, 0) is 60.9 Å². The maximum absolute atomic E-state index is 12.7. The van der Waals surface area contributed by atoms with Crippen LogP contribution in [0.4, 0.5) is 28.4 Å². The van der Waals surface area contributed by atoms with Crippen LogP contribution in [-0.4, -0.2) is 151 Å². The van der Waals surface area contributed by atoms with Gasteiger partial charge >= 0.3 is 5.69 Å². The summed E-state index contributed by atoms with van der Waals surface area (Å²) in [5, 5.41) is 99.9. The lowest BCUT2D eigenvalue weighted by Crippen LogP contribution is -2.51. The molecule has 5 aromatic rings. The maximum Gasteiger partial charge on any atom is 0.310 e. The average molecular weight is 1810 g/mol. The third-order valence-corrected chi connectivity index (χ3v) is 19.2. The van der Waals surface area contributed by atoms with E-state index >= 15 is 0 Å². The maximum atomic E-state index is 12.7. The predicted molar refractivity (Wildman–Crippen MR) is 528 cm³/mol. The van der Waals surface area contributed by atoms with Crippen molar-refractivity contribution >= 4 is 69.0 Å². The fourth-order valence-corrected chi connectivity index (χ4v) is 13.4. The van der Waals surface area contributed by atoms with Crippen LogP contribution in [0.2, 0.25) is 0 Å². The molecule has 6 unspecified atom stereocenters. The van der Waals surface area contributed by atoms with Gasteiger partial charge in [-0.25, -0.2) is 0 Å². The second kappa shape index (κ2) is 47.9. The first-order chi connectivity index (χ1) is 58.5. The third kappa shape index (κ3) is 45.7. The number of carbonyl (C=O) groups excluding carboxylic acids is 6. The highest BCUT2D eigenvalue weighted by atomic mass is 16.6. The minimum absolute atomic E-state index is 0.00443. The number of nitrogens with one attached hydrogen (secondary N) is 7. The Bertz CT molecular complexity index is 4670. The molecule has 1 heterocycles. The summed E-state index contributed by atoms with van der Waals surface area (Å²) < 4.78 is 0. The Kier molecular flexibility index (Phi) is 43.4. The van der Waals surface area contributed by atoms with Crippen LogP contribution in [0.5, 0.6) is 28.7 Å². The summed E-state index contributed by atoms with van der Waals surface area (Å²) in [6, 6.07) is 22.0. The zero-order valence-corrected chi connectivity index (χ0v) is 84.9. The number of rotatable bonds is 27. The predicted octanol–water partition coefficient (Wildman–Crippen LogP) is 19.1. The van der Waals surface area contributed by atoms with Gasteiger partial charge in [0.2, 0.25) is 5.88 Å². The highest BCUT2D eigenvalue weighted by Gasteiger charge is 2.39. The molecule has 0 spiro atoms. The van der Waals surface area contributed by atoms with Crippen LogP contribution in [0.1, 0.15) is 283 Å². The normalized spacial score (nSPS) is 14.3. The Morgan fingerprint density at radius 2 is 0.608 bits per heavy atom. The summed E-state index contributed by atoms with van der Waals surface area (Å²) in [6.07, 6.45) is 7.89. The van der Waals surface area contributed by atoms with Crippen LogP contribution in [0.15, 0.2) is 131 Å². The third-order valence-electron chi connectivity index (χ3n) is 19.2. The second-order valence-corrected chi connectivity index (χ2v) is 46.0. The van der Waals surface area contributed by atoms with Gasteiger partial charge in [0, 0.05) is 83.9 Å². The van der Waals surface area contributed by atoms with Gasteiger partial charge in [-0.1, -0.05) is 161 Å². The van der Waals surface area contributed by atoms with Gasteiger partial charge in [-0.3, -0.25) is 49.6 Å². The van der Waals surface area contributed by atoms with E-state index in [1.54, 1.807) is 72.8 Å². The van der Waals surface area contributed by atoms with Crippen molar-refractivity contribution in [3.8, 4) is 28.7 Å². The van der Waals surface area contributed by atoms with E-state index in [1.807, 2.05) is 255 Å². The topological polar surface area (TPSA) is 465 Å². The van der Waals surface area contributed by atoms with Crippen molar-refractivity contribution in [1.82, 2.24) is 31.9 Å². The number of nitroso groups, excluding NO2 is 1. The fraction of sp³-hybridized carbons (Fsp3) is 0.588. The van der Waals surface area contributed by atoms with Crippen molar-refractivity contribution in [3.63, 3.8) is 0 Å². The number of nitrogens with zero attached hydrogens (tertiary/aromatic N) is 3. The SMILES string of the molecule is CC(C)(C)NC(CC1=CC=C(O)N=C=C1)C(=O)C(C)(C)C.CC(C)(C)NC(Cc1ccc(O)c(N)c1)C(=O)C(C)(C)C.CC(C)(C)NC(Cc1ccc(O)c(N)c1)C(=O)C(C)(C)C.CC(C)(C)NC(Cc1ccc(O)c(N=O)c1)C(=O)C(C)(C)C.CC(C)(C)NC(Cc1ccc(O)c(NO)c1)C(=O)C(C)(C)C.CC(C)(C)NC(Cc1ccc(O)c([N+](=O)[O-])c1)C(=O)C(C)(C)C. The molecule has 1 aliphatic heterocycles. The van der Waals surface area contributed by atoms with E-state index in [2.05, 4.69) is 47.9 Å². The van der Waals surface area contributed by atoms with Crippen molar-refractivity contribution in [2.75, 3.05) is 16.9 Å². The Morgan fingerprint density at radius 3 is 0.862 bits per heavy atom. The van der Waals surface area contributed by atoms with Crippen LogP contribution in [0.3, 0.4) is 0 Å². The Morgan fingerprint density at radius 1 is 0.362 bits per heavy atom. The highest BCUT2D eigenvalue weighted by Crippen LogP contribution is 2.34. The number of aliphatic imine (C=N–C) groups is 1. The summed E-state index contributed by atoms with van der Waals surface area (Å²) in [5.74, 6) is 2.96. The number of hydrogen-bond donors (Lipinski definition) is 16. The molecule has 0 aliphatic carbocycles. The number of carbonyl (C=O) groups is 6. The molecule has 726 valence electrons. The first kappa shape index (κ1) is 118. The highest BCUT2D eigenvalue weighted by molar-refractivity contribution is 5.92. The lowest BCUT2D eigenvalue weighted by atomic mass is 9.83. The molecular formula is C102H162N12O16. The van der Waals surface area contributed by atoms with Crippen molar-refractivity contribution in [3.05, 3.63) is 164 Å². The fourth-order valence-electron chi connectivity index (χ4n) is 13.4. The van der Waals surface area contributed by atoms with E-state index in [-0.39, 0.29) is 150 Å². The number of anilines is 3. The largest absolute Gasteiger partial charge is 0.506 e. The summed E-state index contributed by atoms with van der Waals surface area (Å²) in [5.41, 5.74) is 15.2. The van der Waals surface area contributed by atoms with Gasteiger partial charge in [0.15, 0.2) is 40.4 Å². The number of Topliss-reactive ketones (excluding diaryl/α,β-unsaturated/α-hetero) is 6. The van der Waals surface area contributed by atoms with E-state index in [0.717, 1.165) is 27.8 Å². The van der Waals surface area contributed by atoms with Crippen LogP contribution < -0.4 is 48.8 Å². The molecular weight excluding hydrogens is 1650 g/mol. The van der Waals surface area contributed by atoms with Gasteiger partial charge in [0.25, 0.3) is 0 Å². The number of hydrogen-bond acceptors (Lipinski definition) is 27. The first-order valence-electron chi connectivity index (χ1n) is 44.3. The quantitative estimate of drug-likeness (QED) is 0.00763. The van der Waals surface area contributed by atoms with Gasteiger partial charge in [-0.15, -0.1) is 4.91 Å². The minimum atomic E-state index is -0.628. The van der Waals surface area contributed by atoms with Gasteiger partial charge in [-0.2, -0.15) is 4.99 Å². The van der Waals surface area contributed by atoms with E-state index in [1.165, 1.54) is 36.4 Å². The molecule has 28 heteroatoms. The van der Waals surface area contributed by atoms with E-state index < -0.39 is 43.5 Å². The number of allylic oxidation sites excluding steroid dienone is 3. The van der Waals surface area contributed by atoms with Crippen LogP contribution in [0.25, 0.3) is 0 Å². The molecule has 0 bridgehead atoms. The van der Waals surface area contributed by atoms with Crippen molar-refractivity contribution < 1.29 is 69.5 Å². The first-order valence-corrected chi connectivity index (χ1v) is 44.3. The molecule has 0 aromatic heterocycles. The molecule has 0 radical (unpaired) electrons. The van der Waals surface area contributed by atoms with Crippen molar-refractivity contribution in [1.29, 1.82) is 0 Å². The molecule has 18 N–H and O–H groups in total. The summed E-state index contributed by atoms with van der Waals surface area (Å²) in [7, 11) is 0. The summed E-state index contributed by atoms with van der Waals surface area (Å²) >= 11 is 0. The molecule has 0 saturated carbocycles. The molecule has 28 nitrogen and oxygen atoms in total. The number of nitro groups is 1. The summed E-state index contributed by atoms with van der Waals surface area (Å²) in [4.78, 5) is 101. The number of phenolic OH excluding ortho intramolecular Hbond substituents is 5. The minimum Gasteiger partial charge on any atom is -0.506 e. The number of phenols is 5. The Hall–Kier alpha value is -10.0. The number of benzene rings is 5. The molecule has 1 aliphatic rings. The number of aliphatic hydroxyl groups excluding tert-OH is 1. The number of ketones is 6. The molecule has 0 saturated heterocycles. The van der Waals surface area contributed by atoms with Crippen LogP contribution in [0, 0.1) is 47.5 Å². The molecule has 6 rings (SSSR count). The van der Waals surface area contributed by atoms with Gasteiger partial charge < -0.3 is 74.0 Å². The smallest absolute Gasteiger partial charge is 0.310 e. The van der Waals surface area contributed by atoms with Crippen molar-refractivity contribution in [2.45, 2.75) is 357 Å². The van der Waals surface area contributed by atoms with Crippen molar-refractivity contribution in [2.24, 2.45) is 42.7 Å². The Balaban J connectivity index is 0.000000780. The zero-order valence-electron chi connectivity index (χ0n) is 84.9. The molecule has 130 heavy (non-hydrogen) atoms. The molecule has 0 fully saturated rings. The summed E-state index contributed by atoms with van der Waals surface area (Å²) in [6.45, 7) is 70.7. The number of nitrogen functional groups attached to an aromatic ring is 2. The van der Waals surface area contributed by atoms with Gasteiger partial charge in [0.05, 0.1) is 52.5 Å². The zero-order chi connectivity index (χ0) is 101. The monoisotopic (exact) mass is 1810 g/mol. The van der Waals surface area contributed by atoms with E-state index in [0.29, 0.717) is 55.5 Å². The Labute approximate surface area is 775 Å². The molecule has 0 amide bonds. The molecule has 5 aromatic carbocycles. The average Bonchev–Trinajstić information content (AvgIpc) is 0.898. The number of nitro benzene ring substituents is 1. The lowest BCUT2D eigenvalue weighted by molar-refractivity contribution is -0.385. The second-order valence-electron chi connectivity index (χ2n) is 46.0. The standard InChI is InChI=1S/C17H26N2O4.C17H28N2O3.C17H26N2O3.2C17H28N2O2.C17H26N2O2/c1-16(2,3)15(21)12(18-17(4,5)6)9-11-7-8-14(20)13(10-11)19(22)23;2*1-16(2,3)15(21)13(18-17(4,5)6)10-11-7-8-14(20)12(9-11)19-22;2*1-16(2,3)15(21)13(19-17(4,5)6)10-11-7-8-14(20)12(18)9-11;1-16(2,3)15(21)13(19-17(4,5)6)11-12-7-8-14(20)18-10-9-12/h7-8,10,12,18,20H,9H2,1-6H3;7-9,13,18-20,22H,10H2,1-6H3;7-9,13,18,20H,10H2,1-6H3;2*7-9,13,19-20H,10,18H2,1-6H3;7-9,13,19-20H,11H2,1-6H3. The van der Waals surface area contributed by atoms with Gasteiger partial charge in [0.1, 0.15) is 34.4 Å². The lowest BCUT2D eigenvalue weighted by Gasteiger charge is -2.32. The van der Waals surface area contributed by atoms with Crippen LogP contribution >= 0.6 is 0 Å². The van der Waals surface area contributed by atoms with E-state index in [9.17, 15) is 74.4 Å².